The molecule has 4 rings (SSSR count). The highest BCUT2D eigenvalue weighted by Crippen LogP contribution is 2.38. The number of aromatic amines is 1. The van der Waals surface area contributed by atoms with Crippen molar-refractivity contribution in [3.63, 3.8) is 0 Å². The Morgan fingerprint density at radius 1 is 1.43 bits per heavy atom. The number of carbonyl (C=O) groups is 1. The minimum Gasteiger partial charge on any atom is -0.481 e. The topological polar surface area (TPSA) is 74.7 Å². The maximum absolute atomic E-state index is 11.0. The summed E-state index contributed by atoms with van der Waals surface area (Å²) in [4.78, 5) is 18.4. The van der Waals surface area contributed by atoms with Crippen molar-refractivity contribution in [2.24, 2.45) is 4.99 Å². The van der Waals surface area contributed by atoms with Gasteiger partial charge in [-0.1, -0.05) is 6.08 Å². The van der Waals surface area contributed by atoms with Gasteiger partial charge < -0.3 is 14.8 Å². The lowest BCUT2D eigenvalue weighted by atomic mass is 9.98. The molecule has 21 heavy (non-hydrogen) atoms. The highest BCUT2D eigenvalue weighted by atomic mass is 16.5. The van der Waals surface area contributed by atoms with Crippen LogP contribution in [-0.4, -0.2) is 28.5 Å². The number of allylic oxidation sites excluding steroid dienone is 1. The molecule has 2 aliphatic heterocycles. The van der Waals surface area contributed by atoms with Gasteiger partial charge in [-0.25, -0.2) is 4.99 Å². The Bertz CT molecular complexity index is 843. The molecule has 1 aromatic heterocycles. The van der Waals surface area contributed by atoms with Gasteiger partial charge in [-0.05, 0) is 29.8 Å². The van der Waals surface area contributed by atoms with Crippen LogP contribution in [0.5, 0.6) is 5.75 Å². The number of rotatable bonds is 2. The molecule has 2 aliphatic rings. The van der Waals surface area contributed by atoms with Crippen molar-refractivity contribution in [3.8, 4) is 5.75 Å². The average molecular weight is 280 g/mol. The van der Waals surface area contributed by atoms with E-state index in [0.717, 1.165) is 33.4 Å². The number of dihydropyridines is 1. The number of aromatic nitrogens is 1. The largest absolute Gasteiger partial charge is 0.481 e. The van der Waals surface area contributed by atoms with Crippen LogP contribution in [-0.2, 0) is 11.2 Å². The molecule has 0 aliphatic carbocycles. The first-order valence-electron chi connectivity index (χ1n) is 6.65. The quantitative estimate of drug-likeness (QED) is 0.887. The van der Waals surface area contributed by atoms with Crippen molar-refractivity contribution >= 4 is 29.2 Å². The highest BCUT2D eigenvalue weighted by molar-refractivity contribution is 5.97. The Morgan fingerprint density at radius 3 is 3.19 bits per heavy atom. The number of ether oxygens (including phenoxy) is 1. The third-order valence-electron chi connectivity index (χ3n) is 3.70. The number of aliphatic imine (C=N–C) groups is 1. The van der Waals surface area contributed by atoms with Crippen LogP contribution in [0.4, 0.5) is 0 Å². The Morgan fingerprint density at radius 2 is 2.33 bits per heavy atom. The summed E-state index contributed by atoms with van der Waals surface area (Å²) < 4.78 is 5.89. The molecule has 104 valence electrons. The van der Waals surface area contributed by atoms with Gasteiger partial charge in [0.25, 0.3) is 0 Å². The van der Waals surface area contributed by atoms with E-state index in [1.54, 1.807) is 12.4 Å². The standard InChI is InChI=1S/C16H12N2O3/c19-14(20)7-10-8-18-12-3-4-13-11(15(10)12)6-9-2-1-5-17-16(9)21-13/h1-6,8,16,18H,7H2,(H,19,20). The molecule has 0 bridgehead atoms. The molecular weight excluding hydrogens is 268 g/mol. The summed E-state index contributed by atoms with van der Waals surface area (Å²) in [6.07, 6.45) is 9.00. The van der Waals surface area contributed by atoms with Crippen LogP contribution in [0, 0.1) is 0 Å². The molecule has 0 saturated heterocycles. The van der Waals surface area contributed by atoms with E-state index >= 15 is 0 Å². The van der Waals surface area contributed by atoms with Crippen LogP contribution in [0.25, 0.3) is 17.0 Å². The maximum Gasteiger partial charge on any atom is 0.307 e. The van der Waals surface area contributed by atoms with E-state index in [2.05, 4.69) is 9.98 Å². The number of fused-ring (bicyclic) bond motifs is 4. The maximum atomic E-state index is 11.0. The Kier molecular flexibility index (Phi) is 2.47. The van der Waals surface area contributed by atoms with Gasteiger partial charge in [0.05, 0.1) is 6.42 Å². The smallest absolute Gasteiger partial charge is 0.307 e. The molecule has 1 unspecified atom stereocenters. The summed E-state index contributed by atoms with van der Waals surface area (Å²) >= 11 is 0. The molecular formula is C16H12N2O3. The number of nitrogens with zero attached hydrogens (tertiary/aromatic N) is 1. The summed E-state index contributed by atoms with van der Waals surface area (Å²) in [5, 5.41) is 9.95. The SMILES string of the molecule is O=C(O)Cc1c[nH]c2ccc3c(c12)C=C1C=CC=NC1O3. The fourth-order valence-electron chi connectivity index (χ4n) is 2.81. The second kappa shape index (κ2) is 4.34. The minimum absolute atomic E-state index is 0.0168. The van der Waals surface area contributed by atoms with Crippen LogP contribution in [0.3, 0.4) is 0 Å². The number of carboxylic acid groups (broad SMARTS) is 1. The lowest BCUT2D eigenvalue weighted by Gasteiger charge is -2.24. The Hall–Kier alpha value is -2.82. The fourth-order valence-corrected chi connectivity index (χ4v) is 2.81. The monoisotopic (exact) mass is 280 g/mol. The van der Waals surface area contributed by atoms with Gasteiger partial charge in [-0.15, -0.1) is 0 Å². The molecule has 5 heteroatoms. The van der Waals surface area contributed by atoms with Gasteiger partial charge in [0.1, 0.15) is 5.75 Å². The number of carboxylic acids is 1. The zero-order chi connectivity index (χ0) is 14.4. The lowest BCUT2D eigenvalue weighted by Crippen LogP contribution is -2.21. The van der Waals surface area contributed by atoms with Crippen LogP contribution in [0.1, 0.15) is 11.1 Å². The van der Waals surface area contributed by atoms with Crippen LogP contribution in [0.2, 0.25) is 0 Å². The molecule has 0 spiro atoms. The molecule has 1 aromatic carbocycles. The molecule has 5 nitrogen and oxygen atoms in total. The van der Waals surface area contributed by atoms with Crippen molar-refractivity contribution in [3.05, 3.63) is 47.2 Å². The van der Waals surface area contributed by atoms with Crippen LogP contribution in [0.15, 0.2) is 41.0 Å². The van der Waals surface area contributed by atoms with E-state index in [-0.39, 0.29) is 12.6 Å². The molecule has 0 saturated carbocycles. The van der Waals surface area contributed by atoms with E-state index in [1.165, 1.54) is 0 Å². The van der Waals surface area contributed by atoms with Crippen LogP contribution < -0.4 is 4.74 Å². The lowest BCUT2D eigenvalue weighted by molar-refractivity contribution is -0.136. The van der Waals surface area contributed by atoms with Gasteiger partial charge >= 0.3 is 5.97 Å². The van der Waals surface area contributed by atoms with Gasteiger partial charge in [-0.3, -0.25) is 4.79 Å². The van der Waals surface area contributed by atoms with E-state index < -0.39 is 5.97 Å². The second-order valence-electron chi connectivity index (χ2n) is 5.06. The number of nitrogens with one attached hydrogen (secondary N) is 1. The first kappa shape index (κ1) is 12.0. The van der Waals surface area contributed by atoms with Gasteiger partial charge in [0.15, 0.2) is 0 Å². The fraction of sp³-hybridized carbons (Fsp3) is 0.125. The first-order valence-corrected chi connectivity index (χ1v) is 6.65. The zero-order valence-electron chi connectivity index (χ0n) is 11.0. The summed E-state index contributed by atoms with van der Waals surface area (Å²) in [5.74, 6) is -0.118. The average Bonchev–Trinajstić information content (AvgIpc) is 2.88. The van der Waals surface area contributed by atoms with Crippen molar-refractivity contribution in [2.45, 2.75) is 12.6 Å². The minimum atomic E-state index is -0.849. The number of H-pyrrole nitrogens is 1. The number of hydrogen-bond acceptors (Lipinski definition) is 3. The van der Waals surface area contributed by atoms with Crippen molar-refractivity contribution in [1.29, 1.82) is 0 Å². The third kappa shape index (κ3) is 1.86. The first-order chi connectivity index (χ1) is 10.2. The zero-order valence-corrected chi connectivity index (χ0v) is 11.0. The molecule has 2 aromatic rings. The molecule has 2 N–H and O–H groups in total. The third-order valence-corrected chi connectivity index (χ3v) is 3.70. The Labute approximate surface area is 120 Å². The summed E-state index contributed by atoms with van der Waals surface area (Å²) in [7, 11) is 0. The highest BCUT2D eigenvalue weighted by Gasteiger charge is 2.24. The van der Waals surface area contributed by atoms with E-state index in [0.29, 0.717) is 0 Å². The van der Waals surface area contributed by atoms with Gasteiger partial charge in [0.2, 0.25) is 6.23 Å². The van der Waals surface area contributed by atoms with Gasteiger partial charge in [-0.2, -0.15) is 0 Å². The summed E-state index contributed by atoms with van der Waals surface area (Å²) in [5.41, 5.74) is 3.56. The summed E-state index contributed by atoms with van der Waals surface area (Å²) in [6.45, 7) is 0. The van der Waals surface area contributed by atoms with Crippen molar-refractivity contribution in [2.75, 3.05) is 0 Å². The number of aliphatic carboxylic acids is 1. The molecule has 0 radical (unpaired) electrons. The van der Waals surface area contributed by atoms with Gasteiger partial charge in [0, 0.05) is 34.5 Å². The molecule has 3 heterocycles. The van der Waals surface area contributed by atoms with E-state index in [4.69, 9.17) is 9.84 Å². The number of benzene rings is 1. The van der Waals surface area contributed by atoms with E-state index in [9.17, 15) is 4.79 Å². The predicted octanol–water partition coefficient (Wildman–Crippen LogP) is 2.54. The normalized spacial score (nSPS) is 18.9. The number of hydrogen-bond donors (Lipinski definition) is 2. The second-order valence-corrected chi connectivity index (χ2v) is 5.06. The molecule has 1 atom stereocenters. The molecule has 0 amide bonds. The Balaban J connectivity index is 1.94. The van der Waals surface area contributed by atoms with Crippen molar-refractivity contribution in [1.82, 2.24) is 4.98 Å². The summed E-state index contributed by atoms with van der Waals surface area (Å²) in [6, 6.07) is 3.79. The van der Waals surface area contributed by atoms with Crippen molar-refractivity contribution < 1.29 is 14.6 Å². The predicted molar refractivity (Wildman–Crippen MR) is 79.7 cm³/mol. The van der Waals surface area contributed by atoms with E-state index in [1.807, 2.05) is 30.4 Å². The van der Waals surface area contributed by atoms with Crippen LogP contribution >= 0.6 is 0 Å². The molecule has 0 fully saturated rings.